The summed E-state index contributed by atoms with van der Waals surface area (Å²) in [5.41, 5.74) is 0.784. The third kappa shape index (κ3) is 4.72. The first-order valence-corrected chi connectivity index (χ1v) is 4.45. The molecule has 1 rings (SSSR count). The predicted molar refractivity (Wildman–Crippen MR) is 49.7 cm³/mol. The third-order valence-corrected chi connectivity index (χ3v) is 1.70. The van der Waals surface area contributed by atoms with E-state index in [9.17, 15) is 18.0 Å². The minimum absolute atomic E-state index is 0.136. The predicted octanol–water partition coefficient (Wildman–Crippen LogP) is 1.81. The Labute approximate surface area is 90.0 Å². The van der Waals surface area contributed by atoms with Gasteiger partial charge in [-0.25, -0.2) is 4.79 Å². The Morgan fingerprint density at radius 2 is 2.25 bits per heavy atom. The van der Waals surface area contributed by atoms with E-state index < -0.39 is 18.9 Å². The van der Waals surface area contributed by atoms with Crippen LogP contribution in [0.1, 0.15) is 5.56 Å². The van der Waals surface area contributed by atoms with E-state index in [0.29, 0.717) is 0 Å². The van der Waals surface area contributed by atoms with Crippen LogP contribution in [0.4, 0.5) is 18.0 Å². The van der Waals surface area contributed by atoms with Gasteiger partial charge in [-0.05, 0) is 11.6 Å². The number of alkyl carbamates (subject to hydrolysis) is 1. The number of aryl methyl sites for hydroxylation is 1. The molecular weight excluding hydrogens is 225 g/mol. The molecule has 0 aliphatic rings. The fourth-order valence-electron chi connectivity index (χ4n) is 1.04. The monoisotopic (exact) mass is 236 g/mol. The van der Waals surface area contributed by atoms with E-state index in [4.69, 9.17) is 0 Å². The van der Waals surface area contributed by atoms with E-state index in [2.05, 4.69) is 10.1 Å². The second-order valence-corrected chi connectivity index (χ2v) is 3.23. The van der Waals surface area contributed by atoms with Crippen LogP contribution in [0.25, 0.3) is 0 Å². The minimum Gasteiger partial charge on any atom is -0.440 e. The fourth-order valence-corrected chi connectivity index (χ4v) is 1.04. The van der Waals surface area contributed by atoms with E-state index in [1.165, 1.54) is 0 Å². The number of halogens is 3. The van der Waals surface area contributed by atoms with Crippen LogP contribution in [0.2, 0.25) is 0 Å². The largest absolute Gasteiger partial charge is 0.440 e. The molecule has 0 unspecified atom stereocenters. The zero-order valence-electron chi connectivity index (χ0n) is 8.54. The summed E-state index contributed by atoms with van der Waals surface area (Å²) in [6.07, 6.45) is -2.08. The van der Waals surface area contributed by atoms with Gasteiger partial charge in [0, 0.05) is 26.0 Å². The van der Waals surface area contributed by atoms with Crippen LogP contribution in [-0.4, -0.2) is 23.4 Å². The van der Waals surface area contributed by atoms with Crippen LogP contribution in [0.5, 0.6) is 0 Å². The molecule has 1 aromatic rings. The highest BCUT2D eigenvalue weighted by Crippen LogP contribution is 2.14. The summed E-state index contributed by atoms with van der Waals surface area (Å²) in [5, 5.41) is 2.21. The summed E-state index contributed by atoms with van der Waals surface area (Å²) in [7, 11) is 1.80. The van der Waals surface area contributed by atoms with Crippen LogP contribution < -0.4 is 5.32 Å². The van der Waals surface area contributed by atoms with E-state index in [1.54, 1.807) is 30.1 Å². The molecule has 16 heavy (non-hydrogen) atoms. The van der Waals surface area contributed by atoms with Gasteiger partial charge in [0.25, 0.3) is 0 Å². The lowest BCUT2D eigenvalue weighted by molar-refractivity contribution is -0.160. The van der Waals surface area contributed by atoms with E-state index in [1.807, 2.05) is 0 Å². The molecule has 0 bridgehead atoms. The second kappa shape index (κ2) is 4.91. The molecule has 1 aromatic heterocycles. The van der Waals surface area contributed by atoms with Crippen molar-refractivity contribution in [2.24, 2.45) is 7.05 Å². The van der Waals surface area contributed by atoms with Gasteiger partial charge in [-0.1, -0.05) is 0 Å². The van der Waals surface area contributed by atoms with Gasteiger partial charge in [-0.15, -0.1) is 0 Å². The van der Waals surface area contributed by atoms with Gasteiger partial charge < -0.3 is 14.6 Å². The summed E-state index contributed by atoms with van der Waals surface area (Å²) in [6.45, 7) is -1.44. The first kappa shape index (κ1) is 12.4. The number of rotatable bonds is 3. The number of nitrogens with one attached hydrogen (secondary N) is 1. The van der Waals surface area contributed by atoms with Crippen molar-refractivity contribution in [1.29, 1.82) is 0 Å². The average molecular weight is 236 g/mol. The SMILES string of the molecule is Cn1ccc(CNC(=O)OCC(F)(F)F)c1. The lowest BCUT2D eigenvalue weighted by Crippen LogP contribution is -2.28. The average Bonchev–Trinajstić information content (AvgIpc) is 2.57. The van der Waals surface area contributed by atoms with Crippen LogP contribution >= 0.6 is 0 Å². The first-order valence-electron chi connectivity index (χ1n) is 4.45. The zero-order chi connectivity index (χ0) is 12.2. The maximum absolute atomic E-state index is 11.7. The molecular formula is C9H11F3N2O2. The van der Waals surface area contributed by atoms with Gasteiger partial charge in [0.1, 0.15) is 0 Å². The van der Waals surface area contributed by atoms with Crippen LogP contribution in [0.3, 0.4) is 0 Å². The van der Waals surface area contributed by atoms with Gasteiger partial charge >= 0.3 is 12.3 Å². The summed E-state index contributed by atoms with van der Waals surface area (Å²) >= 11 is 0. The molecule has 0 saturated carbocycles. The molecule has 0 fully saturated rings. The molecule has 7 heteroatoms. The summed E-state index contributed by atoms with van der Waals surface area (Å²) < 4.78 is 40.7. The summed E-state index contributed by atoms with van der Waals surface area (Å²) in [4.78, 5) is 10.8. The van der Waals surface area contributed by atoms with Crippen molar-refractivity contribution < 1.29 is 22.7 Å². The maximum atomic E-state index is 11.7. The molecule has 4 nitrogen and oxygen atoms in total. The van der Waals surface area contributed by atoms with E-state index >= 15 is 0 Å². The Kier molecular flexibility index (Phi) is 3.81. The molecule has 0 aliphatic heterocycles. The van der Waals surface area contributed by atoms with Crippen LogP contribution in [0.15, 0.2) is 18.5 Å². The maximum Gasteiger partial charge on any atom is 0.422 e. The molecule has 0 radical (unpaired) electrons. The Morgan fingerprint density at radius 3 is 2.75 bits per heavy atom. The van der Waals surface area contributed by atoms with Gasteiger partial charge in [0.15, 0.2) is 6.61 Å². The molecule has 0 atom stereocenters. The van der Waals surface area contributed by atoms with Crippen molar-refractivity contribution in [3.8, 4) is 0 Å². The second-order valence-electron chi connectivity index (χ2n) is 3.23. The quantitative estimate of drug-likeness (QED) is 0.869. The molecule has 0 saturated heterocycles. The number of ether oxygens (including phenoxy) is 1. The van der Waals surface area contributed by atoms with Crippen molar-refractivity contribution in [2.45, 2.75) is 12.7 Å². The lowest BCUT2D eigenvalue weighted by atomic mass is 10.3. The Bertz CT molecular complexity index is 360. The van der Waals surface area contributed by atoms with Gasteiger partial charge in [-0.2, -0.15) is 13.2 Å². The van der Waals surface area contributed by atoms with E-state index in [0.717, 1.165) is 5.56 Å². The topological polar surface area (TPSA) is 43.3 Å². The van der Waals surface area contributed by atoms with Crippen molar-refractivity contribution in [1.82, 2.24) is 9.88 Å². The molecule has 1 N–H and O–H groups in total. The molecule has 1 heterocycles. The zero-order valence-corrected chi connectivity index (χ0v) is 8.54. The minimum atomic E-state index is -4.50. The first-order chi connectivity index (χ1) is 7.37. The Morgan fingerprint density at radius 1 is 1.56 bits per heavy atom. The molecule has 0 aromatic carbocycles. The normalized spacial score (nSPS) is 11.2. The smallest absolute Gasteiger partial charge is 0.422 e. The molecule has 0 aliphatic carbocycles. The van der Waals surface area contributed by atoms with Crippen molar-refractivity contribution in [3.63, 3.8) is 0 Å². The number of hydrogen-bond donors (Lipinski definition) is 1. The number of alkyl halides is 3. The number of amides is 1. The molecule has 0 spiro atoms. The fraction of sp³-hybridized carbons (Fsp3) is 0.444. The Balaban J connectivity index is 2.25. The highest BCUT2D eigenvalue weighted by atomic mass is 19.4. The Hall–Kier alpha value is -1.66. The van der Waals surface area contributed by atoms with Crippen molar-refractivity contribution >= 4 is 6.09 Å². The highest BCUT2D eigenvalue weighted by Gasteiger charge is 2.29. The van der Waals surface area contributed by atoms with Gasteiger partial charge in [-0.3, -0.25) is 0 Å². The molecule has 90 valence electrons. The number of hydrogen-bond acceptors (Lipinski definition) is 2. The van der Waals surface area contributed by atoms with Crippen molar-refractivity contribution in [2.75, 3.05) is 6.61 Å². The van der Waals surface area contributed by atoms with E-state index in [-0.39, 0.29) is 6.54 Å². The summed E-state index contributed by atoms with van der Waals surface area (Å²) in [5.74, 6) is 0. The lowest BCUT2D eigenvalue weighted by Gasteiger charge is -2.08. The van der Waals surface area contributed by atoms with Gasteiger partial charge in [0.2, 0.25) is 0 Å². The van der Waals surface area contributed by atoms with Crippen LogP contribution in [0, 0.1) is 0 Å². The number of carbonyl (C=O) groups is 1. The number of carbonyl (C=O) groups excluding carboxylic acids is 1. The number of aromatic nitrogens is 1. The van der Waals surface area contributed by atoms with Gasteiger partial charge in [0.05, 0.1) is 0 Å². The van der Waals surface area contributed by atoms with Crippen molar-refractivity contribution in [3.05, 3.63) is 24.0 Å². The molecule has 1 amide bonds. The van der Waals surface area contributed by atoms with Crippen LogP contribution in [-0.2, 0) is 18.3 Å². The highest BCUT2D eigenvalue weighted by molar-refractivity contribution is 5.67. The number of nitrogens with zero attached hydrogens (tertiary/aromatic N) is 1. The standard InChI is InChI=1S/C9H11F3N2O2/c1-14-3-2-7(5-14)4-13-8(15)16-6-9(10,11)12/h2-3,5H,4,6H2,1H3,(H,13,15). The summed E-state index contributed by atoms with van der Waals surface area (Å²) in [6, 6.07) is 1.74. The third-order valence-electron chi connectivity index (χ3n) is 1.70.